The minimum atomic E-state index is -0.442. The number of benzene rings is 2. The van der Waals surface area contributed by atoms with Crippen molar-refractivity contribution in [2.24, 2.45) is 0 Å². The molecular weight excluding hydrogens is 257 g/mol. The van der Waals surface area contributed by atoms with Gasteiger partial charge in [-0.1, -0.05) is 0 Å². The van der Waals surface area contributed by atoms with E-state index in [4.69, 9.17) is 10.00 Å². The average molecular weight is 267 g/mol. The largest absolute Gasteiger partial charge is 0.494 e. The van der Waals surface area contributed by atoms with Crippen LogP contribution in [0, 0.1) is 17.1 Å². The van der Waals surface area contributed by atoms with Gasteiger partial charge < -0.3 is 9.72 Å². The first-order valence-electron chi connectivity index (χ1n) is 5.95. The summed E-state index contributed by atoms with van der Waals surface area (Å²) < 4.78 is 18.6. The van der Waals surface area contributed by atoms with Crippen LogP contribution in [0.25, 0.3) is 22.4 Å². The normalized spacial score (nSPS) is 10.4. The number of aromatic amines is 1. The molecule has 1 heterocycles. The molecule has 0 aliphatic rings. The van der Waals surface area contributed by atoms with E-state index in [9.17, 15) is 4.39 Å². The zero-order chi connectivity index (χ0) is 14.1. The van der Waals surface area contributed by atoms with Crippen molar-refractivity contribution in [1.29, 1.82) is 5.26 Å². The molecule has 1 aromatic heterocycles. The molecule has 0 aliphatic carbocycles. The Bertz CT molecular complexity index is 833. The first-order valence-corrected chi connectivity index (χ1v) is 5.95. The van der Waals surface area contributed by atoms with Crippen molar-refractivity contribution in [1.82, 2.24) is 9.97 Å². The Kier molecular flexibility index (Phi) is 2.84. The summed E-state index contributed by atoms with van der Waals surface area (Å²) in [6.45, 7) is 0. The van der Waals surface area contributed by atoms with Crippen LogP contribution in [0.4, 0.5) is 4.39 Å². The van der Waals surface area contributed by atoms with Gasteiger partial charge in [0, 0.05) is 5.56 Å². The fourth-order valence-electron chi connectivity index (χ4n) is 2.03. The molecule has 4 nitrogen and oxygen atoms in total. The van der Waals surface area contributed by atoms with Crippen molar-refractivity contribution in [3.05, 3.63) is 47.8 Å². The quantitative estimate of drug-likeness (QED) is 0.775. The molecule has 0 bridgehead atoms. The van der Waals surface area contributed by atoms with E-state index in [2.05, 4.69) is 16.0 Å². The third-order valence-corrected chi connectivity index (χ3v) is 3.04. The first kappa shape index (κ1) is 12.2. The van der Waals surface area contributed by atoms with E-state index in [1.807, 2.05) is 0 Å². The van der Waals surface area contributed by atoms with Gasteiger partial charge in [-0.3, -0.25) is 0 Å². The molecule has 0 aliphatic heterocycles. The van der Waals surface area contributed by atoms with Gasteiger partial charge in [0.1, 0.15) is 5.82 Å². The van der Waals surface area contributed by atoms with Gasteiger partial charge in [0.25, 0.3) is 0 Å². The van der Waals surface area contributed by atoms with Crippen LogP contribution in [0.3, 0.4) is 0 Å². The summed E-state index contributed by atoms with van der Waals surface area (Å²) in [7, 11) is 1.42. The number of aromatic nitrogens is 2. The SMILES string of the molecule is COc1ccc(-c2nc3ccc(C#N)cc3[nH]2)cc1F. The highest BCUT2D eigenvalue weighted by atomic mass is 19.1. The number of hydrogen-bond donors (Lipinski definition) is 1. The molecule has 0 atom stereocenters. The summed E-state index contributed by atoms with van der Waals surface area (Å²) in [4.78, 5) is 7.46. The van der Waals surface area contributed by atoms with Crippen molar-refractivity contribution in [2.75, 3.05) is 7.11 Å². The van der Waals surface area contributed by atoms with E-state index >= 15 is 0 Å². The van der Waals surface area contributed by atoms with Gasteiger partial charge >= 0.3 is 0 Å². The van der Waals surface area contributed by atoms with Crippen molar-refractivity contribution >= 4 is 11.0 Å². The molecule has 0 radical (unpaired) electrons. The highest BCUT2D eigenvalue weighted by molar-refractivity contribution is 5.80. The van der Waals surface area contributed by atoms with Gasteiger partial charge in [0.15, 0.2) is 11.6 Å². The van der Waals surface area contributed by atoms with Crippen LogP contribution in [0.1, 0.15) is 5.56 Å². The van der Waals surface area contributed by atoms with Crippen LogP contribution in [0.2, 0.25) is 0 Å². The Hall–Kier alpha value is -2.87. The number of methoxy groups -OCH3 is 1. The molecule has 0 fully saturated rings. The molecule has 2 aromatic carbocycles. The van der Waals surface area contributed by atoms with Crippen LogP contribution >= 0.6 is 0 Å². The van der Waals surface area contributed by atoms with E-state index in [0.29, 0.717) is 17.0 Å². The summed E-state index contributed by atoms with van der Waals surface area (Å²) in [6.07, 6.45) is 0. The molecule has 20 heavy (non-hydrogen) atoms. The van der Waals surface area contributed by atoms with E-state index in [0.717, 1.165) is 11.0 Å². The minimum absolute atomic E-state index is 0.191. The summed E-state index contributed by atoms with van der Waals surface area (Å²) in [5.74, 6) is 0.302. The van der Waals surface area contributed by atoms with Crippen molar-refractivity contribution in [2.45, 2.75) is 0 Å². The van der Waals surface area contributed by atoms with Crippen LogP contribution < -0.4 is 4.74 Å². The maximum Gasteiger partial charge on any atom is 0.165 e. The van der Waals surface area contributed by atoms with Crippen molar-refractivity contribution in [3.63, 3.8) is 0 Å². The minimum Gasteiger partial charge on any atom is -0.494 e. The highest BCUT2D eigenvalue weighted by Crippen LogP contribution is 2.25. The fraction of sp³-hybridized carbons (Fsp3) is 0.0667. The molecule has 0 amide bonds. The lowest BCUT2D eigenvalue weighted by molar-refractivity contribution is 0.386. The van der Waals surface area contributed by atoms with Crippen LogP contribution in [0.15, 0.2) is 36.4 Å². The molecule has 0 unspecified atom stereocenters. The molecule has 0 saturated heterocycles. The predicted molar refractivity (Wildman–Crippen MR) is 72.8 cm³/mol. The van der Waals surface area contributed by atoms with E-state index in [-0.39, 0.29) is 5.75 Å². The third kappa shape index (κ3) is 1.97. The maximum absolute atomic E-state index is 13.7. The zero-order valence-corrected chi connectivity index (χ0v) is 10.6. The number of imidazole rings is 1. The monoisotopic (exact) mass is 267 g/mol. The van der Waals surface area contributed by atoms with E-state index in [1.165, 1.54) is 13.2 Å². The lowest BCUT2D eigenvalue weighted by Gasteiger charge is -2.02. The Morgan fingerprint density at radius 3 is 2.80 bits per heavy atom. The molecule has 5 heteroatoms. The Morgan fingerprint density at radius 2 is 2.10 bits per heavy atom. The molecule has 3 aromatic rings. The summed E-state index contributed by atoms with van der Waals surface area (Å²) in [5.41, 5.74) is 2.65. The average Bonchev–Trinajstić information content (AvgIpc) is 2.89. The lowest BCUT2D eigenvalue weighted by atomic mass is 10.2. The second-order valence-corrected chi connectivity index (χ2v) is 4.28. The van der Waals surface area contributed by atoms with Crippen LogP contribution in [0.5, 0.6) is 5.75 Å². The standard InChI is InChI=1S/C15H10FN3O/c1-20-14-5-3-10(7-11(14)16)15-18-12-4-2-9(8-17)6-13(12)19-15/h2-7H,1H3,(H,18,19). The number of nitrogens with zero attached hydrogens (tertiary/aromatic N) is 2. The van der Waals surface area contributed by atoms with E-state index in [1.54, 1.807) is 30.3 Å². The number of fused-ring (bicyclic) bond motifs is 1. The summed E-state index contributed by atoms with van der Waals surface area (Å²) >= 11 is 0. The number of ether oxygens (including phenoxy) is 1. The van der Waals surface area contributed by atoms with E-state index < -0.39 is 5.82 Å². The molecule has 3 rings (SSSR count). The highest BCUT2D eigenvalue weighted by Gasteiger charge is 2.09. The zero-order valence-electron chi connectivity index (χ0n) is 10.6. The fourth-order valence-corrected chi connectivity index (χ4v) is 2.03. The number of H-pyrrole nitrogens is 1. The van der Waals surface area contributed by atoms with Gasteiger partial charge in [-0.2, -0.15) is 5.26 Å². The van der Waals surface area contributed by atoms with Crippen molar-refractivity contribution < 1.29 is 9.13 Å². The molecule has 1 N–H and O–H groups in total. The molecule has 0 spiro atoms. The number of rotatable bonds is 2. The molecular formula is C15H10FN3O. The van der Waals surface area contributed by atoms with Crippen LogP contribution in [-0.4, -0.2) is 17.1 Å². The van der Waals surface area contributed by atoms with Gasteiger partial charge in [0.05, 0.1) is 29.8 Å². The van der Waals surface area contributed by atoms with Gasteiger partial charge in [-0.05, 0) is 36.4 Å². The maximum atomic E-state index is 13.7. The summed E-state index contributed by atoms with van der Waals surface area (Å²) in [6, 6.07) is 11.9. The van der Waals surface area contributed by atoms with Crippen molar-refractivity contribution in [3.8, 4) is 23.2 Å². The van der Waals surface area contributed by atoms with Gasteiger partial charge in [0.2, 0.25) is 0 Å². The number of nitrogens with one attached hydrogen (secondary N) is 1. The topological polar surface area (TPSA) is 61.7 Å². The second-order valence-electron chi connectivity index (χ2n) is 4.28. The molecule has 0 saturated carbocycles. The summed E-state index contributed by atoms with van der Waals surface area (Å²) in [5, 5.41) is 8.87. The Labute approximate surface area is 114 Å². The smallest absolute Gasteiger partial charge is 0.165 e. The number of hydrogen-bond acceptors (Lipinski definition) is 3. The predicted octanol–water partition coefficient (Wildman–Crippen LogP) is 3.25. The number of halogens is 1. The van der Waals surface area contributed by atoms with Gasteiger partial charge in [-0.25, -0.2) is 9.37 Å². The van der Waals surface area contributed by atoms with Crippen LogP contribution in [-0.2, 0) is 0 Å². The third-order valence-electron chi connectivity index (χ3n) is 3.04. The first-order chi connectivity index (χ1) is 9.71. The second kappa shape index (κ2) is 4.67. The molecule has 98 valence electrons. The number of nitriles is 1. The Morgan fingerprint density at radius 1 is 1.25 bits per heavy atom. The lowest BCUT2D eigenvalue weighted by Crippen LogP contribution is -1.89. The Balaban J connectivity index is 2.10. The van der Waals surface area contributed by atoms with Gasteiger partial charge in [-0.15, -0.1) is 0 Å².